The minimum atomic E-state index is -0.371. The van der Waals surface area contributed by atoms with E-state index in [9.17, 15) is 4.39 Å². The number of halogens is 3. The van der Waals surface area contributed by atoms with Crippen LogP contribution in [0, 0.1) is 5.82 Å². The molecule has 1 aliphatic heterocycles. The fraction of sp³-hybridized carbons (Fsp3) is 0.200. The third kappa shape index (κ3) is 3.82. The predicted molar refractivity (Wildman–Crippen MR) is 103 cm³/mol. The van der Waals surface area contributed by atoms with E-state index in [0.717, 1.165) is 11.1 Å². The van der Waals surface area contributed by atoms with Gasteiger partial charge in [-0.15, -0.1) is 11.6 Å². The molecule has 24 heavy (non-hydrogen) atoms. The molecule has 0 aliphatic carbocycles. The van der Waals surface area contributed by atoms with Gasteiger partial charge in [-0.25, -0.2) is 4.39 Å². The molecule has 126 valence electrons. The molecule has 0 saturated carbocycles. The molecule has 1 atom stereocenters. The predicted octanol–water partition coefficient (Wildman–Crippen LogP) is 6.49. The Kier molecular flexibility index (Phi) is 6.47. The van der Waals surface area contributed by atoms with Gasteiger partial charge in [-0.05, 0) is 29.7 Å². The third-order valence-corrected chi connectivity index (χ3v) is 4.42. The van der Waals surface area contributed by atoms with Crippen molar-refractivity contribution in [2.75, 3.05) is 0 Å². The lowest BCUT2D eigenvalue weighted by Crippen LogP contribution is -2.26. The maximum absolute atomic E-state index is 14.3. The zero-order valence-electron chi connectivity index (χ0n) is 13.7. The summed E-state index contributed by atoms with van der Waals surface area (Å²) < 4.78 is 14.3. The van der Waals surface area contributed by atoms with Gasteiger partial charge in [0.05, 0.1) is 21.7 Å². The van der Waals surface area contributed by atoms with E-state index in [1.165, 1.54) is 6.07 Å². The van der Waals surface area contributed by atoms with E-state index in [0.29, 0.717) is 28.4 Å². The highest BCUT2D eigenvalue weighted by Gasteiger charge is 2.26. The smallest absolute Gasteiger partial charge is 0.134 e. The molecule has 2 aromatic rings. The van der Waals surface area contributed by atoms with Gasteiger partial charge in [0.2, 0.25) is 0 Å². The molecule has 1 aliphatic rings. The van der Waals surface area contributed by atoms with Gasteiger partial charge >= 0.3 is 0 Å². The first-order chi connectivity index (χ1) is 11.6. The molecule has 1 N–H and O–H groups in total. The van der Waals surface area contributed by atoms with Gasteiger partial charge in [0.25, 0.3) is 0 Å². The Hall–Kier alpha value is -1.77. The number of hydrogen-bond donors (Lipinski definition) is 1. The standard InChI is InChI=1S/C18H14Cl2FN.C2H6/c1-11-15(20)10-13(12-6-3-2-4-7-12)18(22-11)17-14(19)8-5-9-16(17)21;1-2/h2-9,15,22H,1,10H2;1-2H3. The molecule has 1 nitrogen and oxygen atoms in total. The van der Waals surface area contributed by atoms with Crippen LogP contribution in [0.5, 0.6) is 0 Å². The van der Waals surface area contributed by atoms with Crippen LogP contribution in [0.25, 0.3) is 11.3 Å². The van der Waals surface area contributed by atoms with E-state index < -0.39 is 0 Å². The van der Waals surface area contributed by atoms with E-state index in [-0.39, 0.29) is 11.2 Å². The van der Waals surface area contributed by atoms with Gasteiger partial charge < -0.3 is 5.32 Å². The number of nitrogens with one attached hydrogen (secondary N) is 1. The first kappa shape index (κ1) is 18.6. The molecule has 0 bridgehead atoms. The summed E-state index contributed by atoms with van der Waals surface area (Å²) >= 11 is 12.5. The summed E-state index contributed by atoms with van der Waals surface area (Å²) in [5.41, 5.74) is 3.56. The van der Waals surface area contributed by atoms with Gasteiger partial charge in [-0.3, -0.25) is 0 Å². The zero-order chi connectivity index (χ0) is 17.7. The number of rotatable bonds is 2. The van der Waals surface area contributed by atoms with Crippen LogP contribution in [-0.2, 0) is 0 Å². The Balaban J connectivity index is 0.00000100. The lowest BCUT2D eigenvalue weighted by atomic mass is 9.91. The summed E-state index contributed by atoms with van der Waals surface area (Å²) in [7, 11) is 0. The van der Waals surface area contributed by atoms with Crippen molar-refractivity contribution in [3.05, 3.63) is 82.8 Å². The second-order valence-corrected chi connectivity index (χ2v) is 6.07. The van der Waals surface area contributed by atoms with Gasteiger partial charge in [0.15, 0.2) is 0 Å². The zero-order valence-corrected chi connectivity index (χ0v) is 15.3. The third-order valence-electron chi connectivity index (χ3n) is 3.68. The number of alkyl halides is 1. The molecule has 2 aromatic carbocycles. The molecule has 1 unspecified atom stereocenters. The molecular formula is C20H20Cl2FN. The van der Waals surface area contributed by atoms with Crippen LogP contribution < -0.4 is 5.32 Å². The summed E-state index contributed by atoms with van der Waals surface area (Å²) in [6.07, 6.45) is 0.567. The molecule has 0 saturated heterocycles. The van der Waals surface area contributed by atoms with Gasteiger partial charge in [-0.1, -0.05) is 68.4 Å². The van der Waals surface area contributed by atoms with Crippen molar-refractivity contribution in [2.45, 2.75) is 25.6 Å². The lowest BCUT2D eigenvalue weighted by Gasteiger charge is -2.28. The van der Waals surface area contributed by atoms with Crippen molar-refractivity contribution in [1.82, 2.24) is 5.32 Å². The van der Waals surface area contributed by atoms with Gasteiger partial charge in [0, 0.05) is 5.70 Å². The molecule has 0 fully saturated rings. The maximum atomic E-state index is 14.3. The molecular weight excluding hydrogens is 344 g/mol. The highest BCUT2D eigenvalue weighted by molar-refractivity contribution is 6.32. The molecule has 0 amide bonds. The lowest BCUT2D eigenvalue weighted by molar-refractivity contribution is 0.622. The van der Waals surface area contributed by atoms with Crippen molar-refractivity contribution in [3.8, 4) is 0 Å². The summed E-state index contributed by atoms with van der Waals surface area (Å²) in [4.78, 5) is 0. The molecule has 0 aromatic heterocycles. The Morgan fingerprint density at radius 1 is 1.08 bits per heavy atom. The van der Waals surface area contributed by atoms with Crippen molar-refractivity contribution < 1.29 is 4.39 Å². The monoisotopic (exact) mass is 363 g/mol. The summed E-state index contributed by atoms with van der Waals surface area (Å²) in [6, 6.07) is 14.4. The van der Waals surface area contributed by atoms with Crippen LogP contribution in [0.1, 0.15) is 31.4 Å². The first-order valence-corrected chi connectivity index (χ1v) is 8.72. The molecule has 1 heterocycles. The highest BCUT2D eigenvalue weighted by Crippen LogP contribution is 2.38. The van der Waals surface area contributed by atoms with Crippen molar-refractivity contribution >= 4 is 34.5 Å². The van der Waals surface area contributed by atoms with E-state index in [1.54, 1.807) is 12.1 Å². The number of benzene rings is 2. The van der Waals surface area contributed by atoms with E-state index in [2.05, 4.69) is 11.9 Å². The molecule has 3 rings (SSSR count). The highest BCUT2D eigenvalue weighted by atomic mass is 35.5. The Morgan fingerprint density at radius 2 is 1.75 bits per heavy atom. The van der Waals surface area contributed by atoms with Crippen LogP contribution in [-0.4, -0.2) is 5.38 Å². The fourth-order valence-electron chi connectivity index (χ4n) is 2.57. The average molecular weight is 364 g/mol. The quantitative estimate of drug-likeness (QED) is 0.601. The van der Waals surface area contributed by atoms with Crippen LogP contribution in [0.15, 0.2) is 60.8 Å². The summed E-state index contributed by atoms with van der Waals surface area (Å²) in [5, 5.41) is 3.25. The number of hydrogen-bond acceptors (Lipinski definition) is 1. The second-order valence-electron chi connectivity index (χ2n) is 5.14. The van der Waals surface area contributed by atoms with Crippen LogP contribution >= 0.6 is 23.2 Å². The van der Waals surface area contributed by atoms with Gasteiger partial charge in [-0.2, -0.15) is 0 Å². The van der Waals surface area contributed by atoms with E-state index >= 15 is 0 Å². The van der Waals surface area contributed by atoms with Crippen LogP contribution in [0.2, 0.25) is 5.02 Å². The molecule has 0 spiro atoms. The average Bonchev–Trinajstić information content (AvgIpc) is 2.60. The largest absolute Gasteiger partial charge is 0.357 e. The van der Waals surface area contributed by atoms with E-state index in [1.807, 2.05) is 44.2 Å². The van der Waals surface area contributed by atoms with Crippen molar-refractivity contribution in [3.63, 3.8) is 0 Å². The summed E-state index contributed by atoms with van der Waals surface area (Å²) in [5.74, 6) is -0.371. The van der Waals surface area contributed by atoms with Crippen LogP contribution in [0.4, 0.5) is 4.39 Å². The minimum absolute atomic E-state index is 0.246. The minimum Gasteiger partial charge on any atom is -0.357 e. The second kappa shape index (κ2) is 8.36. The van der Waals surface area contributed by atoms with Crippen LogP contribution in [0.3, 0.4) is 0 Å². The van der Waals surface area contributed by atoms with Gasteiger partial charge in [0.1, 0.15) is 5.82 Å². The SMILES string of the molecule is C=C1NC(c2c(F)cccc2Cl)=C(c2ccccc2)CC1Cl.CC. The Bertz CT molecular complexity index is 733. The summed E-state index contributed by atoms with van der Waals surface area (Å²) in [6.45, 7) is 7.92. The van der Waals surface area contributed by atoms with Crippen molar-refractivity contribution in [2.24, 2.45) is 0 Å². The first-order valence-electron chi connectivity index (χ1n) is 7.90. The number of allylic oxidation sites excluding steroid dienone is 2. The molecule has 0 radical (unpaired) electrons. The molecule has 4 heteroatoms. The normalized spacial score (nSPS) is 17.0. The maximum Gasteiger partial charge on any atom is 0.134 e. The van der Waals surface area contributed by atoms with E-state index in [4.69, 9.17) is 23.2 Å². The Labute approximate surface area is 152 Å². The van der Waals surface area contributed by atoms with Crippen molar-refractivity contribution in [1.29, 1.82) is 0 Å². The topological polar surface area (TPSA) is 12.0 Å². The fourth-order valence-corrected chi connectivity index (χ4v) is 3.04. The Morgan fingerprint density at radius 3 is 2.38 bits per heavy atom.